The number of halogens is 1. The standard InChI is InChI=1S/C11H12ClN3OS/c1-7(10-13-14-11(17)15(10)2)16-9-5-3-4-8(12)6-9/h3-7,10H,1-2H3. The first-order valence-electron chi connectivity index (χ1n) is 5.18. The SMILES string of the molecule is CC(Oc1cccc(Cl)c1)C1N=NC(=S)N1C. The molecule has 0 spiro atoms. The summed E-state index contributed by atoms with van der Waals surface area (Å²) in [6, 6.07) is 7.26. The Labute approximate surface area is 110 Å². The van der Waals surface area contributed by atoms with E-state index in [2.05, 4.69) is 10.2 Å². The van der Waals surface area contributed by atoms with Crippen LogP contribution in [0, 0.1) is 0 Å². The van der Waals surface area contributed by atoms with Gasteiger partial charge in [-0.05, 0) is 37.3 Å². The van der Waals surface area contributed by atoms with Gasteiger partial charge in [0.2, 0.25) is 5.11 Å². The first-order valence-corrected chi connectivity index (χ1v) is 5.96. The monoisotopic (exact) mass is 269 g/mol. The summed E-state index contributed by atoms with van der Waals surface area (Å²) >= 11 is 10.9. The molecule has 0 N–H and O–H groups in total. The average Bonchev–Trinajstić information content (AvgIpc) is 2.60. The van der Waals surface area contributed by atoms with Crippen LogP contribution >= 0.6 is 23.8 Å². The molecule has 0 aromatic heterocycles. The molecular formula is C11H12ClN3OS. The van der Waals surface area contributed by atoms with Gasteiger partial charge in [-0.2, -0.15) is 5.11 Å². The van der Waals surface area contributed by atoms with E-state index in [0.29, 0.717) is 15.9 Å². The maximum Gasteiger partial charge on any atom is 0.217 e. The highest BCUT2D eigenvalue weighted by molar-refractivity contribution is 7.80. The molecule has 1 heterocycles. The molecule has 0 saturated carbocycles. The molecule has 1 aliphatic rings. The number of nitrogens with zero attached hydrogens (tertiary/aromatic N) is 3. The molecule has 0 fully saturated rings. The summed E-state index contributed by atoms with van der Waals surface area (Å²) < 4.78 is 5.76. The van der Waals surface area contributed by atoms with Gasteiger partial charge in [0.15, 0.2) is 6.17 Å². The van der Waals surface area contributed by atoms with Gasteiger partial charge in [0.05, 0.1) is 0 Å². The molecule has 90 valence electrons. The molecule has 0 radical (unpaired) electrons. The fourth-order valence-corrected chi connectivity index (χ4v) is 1.93. The Morgan fingerprint density at radius 2 is 2.29 bits per heavy atom. The van der Waals surface area contributed by atoms with Crippen molar-refractivity contribution in [2.24, 2.45) is 10.2 Å². The topological polar surface area (TPSA) is 37.2 Å². The number of hydrogen-bond acceptors (Lipinski definition) is 3. The van der Waals surface area contributed by atoms with Gasteiger partial charge in [0.25, 0.3) is 0 Å². The minimum Gasteiger partial charge on any atom is -0.486 e. The number of likely N-dealkylation sites (N-methyl/N-ethyl adjacent to an activating group) is 1. The second-order valence-corrected chi connectivity index (χ2v) is 4.60. The second kappa shape index (κ2) is 4.98. The van der Waals surface area contributed by atoms with E-state index < -0.39 is 0 Å². The Bertz CT molecular complexity index is 466. The molecule has 2 unspecified atom stereocenters. The van der Waals surface area contributed by atoms with E-state index in [1.807, 2.05) is 31.0 Å². The summed E-state index contributed by atoms with van der Waals surface area (Å²) in [5, 5.41) is 9.05. The van der Waals surface area contributed by atoms with Crippen LogP contribution in [0.5, 0.6) is 5.75 Å². The quantitative estimate of drug-likeness (QED) is 0.791. The predicted molar refractivity (Wildman–Crippen MR) is 70.5 cm³/mol. The molecule has 4 nitrogen and oxygen atoms in total. The van der Waals surface area contributed by atoms with Gasteiger partial charge in [-0.3, -0.25) is 0 Å². The van der Waals surface area contributed by atoms with Crippen LogP contribution in [-0.4, -0.2) is 29.3 Å². The number of hydrogen-bond donors (Lipinski definition) is 0. The molecule has 0 bridgehead atoms. The van der Waals surface area contributed by atoms with E-state index >= 15 is 0 Å². The Morgan fingerprint density at radius 1 is 1.53 bits per heavy atom. The van der Waals surface area contributed by atoms with Crippen LogP contribution in [0.2, 0.25) is 5.02 Å². The lowest BCUT2D eigenvalue weighted by Gasteiger charge is -2.24. The predicted octanol–water partition coefficient (Wildman–Crippen LogP) is 3.12. The highest BCUT2D eigenvalue weighted by Crippen LogP contribution is 2.22. The van der Waals surface area contributed by atoms with E-state index in [9.17, 15) is 0 Å². The van der Waals surface area contributed by atoms with Crippen LogP contribution in [0.3, 0.4) is 0 Å². The molecule has 6 heteroatoms. The highest BCUT2D eigenvalue weighted by Gasteiger charge is 2.29. The van der Waals surface area contributed by atoms with Gasteiger partial charge < -0.3 is 9.64 Å². The van der Waals surface area contributed by atoms with Crippen LogP contribution in [0.15, 0.2) is 34.5 Å². The lowest BCUT2D eigenvalue weighted by molar-refractivity contribution is 0.142. The molecule has 0 amide bonds. The number of rotatable bonds is 3. The molecule has 17 heavy (non-hydrogen) atoms. The first-order chi connectivity index (χ1) is 8.08. The van der Waals surface area contributed by atoms with Crippen LogP contribution in [0.1, 0.15) is 6.92 Å². The molecule has 0 saturated heterocycles. The van der Waals surface area contributed by atoms with Gasteiger partial charge >= 0.3 is 0 Å². The lowest BCUT2D eigenvalue weighted by Crippen LogP contribution is -2.39. The molecule has 0 aliphatic carbocycles. The van der Waals surface area contributed by atoms with E-state index in [4.69, 9.17) is 28.6 Å². The van der Waals surface area contributed by atoms with Crippen molar-refractivity contribution in [1.29, 1.82) is 0 Å². The van der Waals surface area contributed by atoms with Gasteiger partial charge in [0.1, 0.15) is 11.9 Å². The van der Waals surface area contributed by atoms with Crippen molar-refractivity contribution in [2.45, 2.75) is 19.2 Å². The van der Waals surface area contributed by atoms with E-state index in [-0.39, 0.29) is 12.3 Å². The minimum atomic E-state index is -0.179. The summed E-state index contributed by atoms with van der Waals surface area (Å²) in [6.07, 6.45) is -0.329. The Kier molecular flexibility index (Phi) is 3.59. The molecular weight excluding hydrogens is 258 g/mol. The smallest absolute Gasteiger partial charge is 0.217 e. The van der Waals surface area contributed by atoms with Crippen LogP contribution in [-0.2, 0) is 0 Å². The third-order valence-corrected chi connectivity index (χ3v) is 3.10. The van der Waals surface area contributed by atoms with Crippen molar-refractivity contribution in [3.63, 3.8) is 0 Å². The largest absolute Gasteiger partial charge is 0.486 e. The maximum atomic E-state index is 5.89. The number of benzene rings is 1. The zero-order valence-electron chi connectivity index (χ0n) is 9.50. The van der Waals surface area contributed by atoms with E-state index in [0.717, 1.165) is 0 Å². The van der Waals surface area contributed by atoms with Crippen molar-refractivity contribution >= 4 is 28.9 Å². The van der Waals surface area contributed by atoms with Crippen molar-refractivity contribution in [3.05, 3.63) is 29.3 Å². The van der Waals surface area contributed by atoms with Crippen LogP contribution < -0.4 is 4.74 Å². The fraction of sp³-hybridized carbons (Fsp3) is 0.364. The van der Waals surface area contributed by atoms with Crippen LogP contribution in [0.4, 0.5) is 0 Å². The third kappa shape index (κ3) is 2.73. The average molecular weight is 270 g/mol. The summed E-state index contributed by atoms with van der Waals surface area (Å²) in [6.45, 7) is 1.93. The van der Waals surface area contributed by atoms with Crippen molar-refractivity contribution in [2.75, 3.05) is 7.05 Å². The van der Waals surface area contributed by atoms with E-state index in [1.54, 1.807) is 12.1 Å². The maximum absolute atomic E-state index is 5.89. The molecule has 1 aromatic rings. The van der Waals surface area contributed by atoms with Gasteiger partial charge in [-0.15, -0.1) is 5.11 Å². The van der Waals surface area contributed by atoms with E-state index in [1.165, 1.54) is 0 Å². The molecule has 1 aromatic carbocycles. The first kappa shape index (κ1) is 12.3. The van der Waals surface area contributed by atoms with Crippen LogP contribution in [0.25, 0.3) is 0 Å². The zero-order valence-corrected chi connectivity index (χ0v) is 11.1. The summed E-state index contributed by atoms with van der Waals surface area (Å²) in [4.78, 5) is 1.81. The molecule has 1 aliphatic heterocycles. The second-order valence-electron chi connectivity index (χ2n) is 3.80. The number of thiocarbonyl (C=S) groups is 1. The van der Waals surface area contributed by atoms with Gasteiger partial charge in [-0.1, -0.05) is 17.7 Å². The summed E-state index contributed by atoms with van der Waals surface area (Å²) in [5.74, 6) is 0.714. The Balaban J connectivity index is 2.05. The number of ether oxygens (including phenoxy) is 1. The van der Waals surface area contributed by atoms with Crippen molar-refractivity contribution in [3.8, 4) is 5.75 Å². The third-order valence-electron chi connectivity index (χ3n) is 2.50. The van der Waals surface area contributed by atoms with Gasteiger partial charge in [0, 0.05) is 12.1 Å². The number of azo groups is 1. The van der Waals surface area contributed by atoms with Gasteiger partial charge in [-0.25, -0.2) is 0 Å². The lowest BCUT2D eigenvalue weighted by atomic mass is 10.3. The highest BCUT2D eigenvalue weighted by atomic mass is 35.5. The molecule has 2 atom stereocenters. The minimum absolute atomic E-state index is 0.150. The fourth-order valence-electron chi connectivity index (χ4n) is 1.59. The normalized spacial score (nSPS) is 20.8. The summed E-state index contributed by atoms with van der Waals surface area (Å²) in [7, 11) is 1.85. The molecule has 2 rings (SSSR count). The zero-order chi connectivity index (χ0) is 12.4. The summed E-state index contributed by atoms with van der Waals surface area (Å²) in [5.41, 5.74) is 0. The Hall–Kier alpha value is -1.20. The van der Waals surface area contributed by atoms with Crippen molar-refractivity contribution in [1.82, 2.24) is 4.90 Å². The Morgan fingerprint density at radius 3 is 2.88 bits per heavy atom. The van der Waals surface area contributed by atoms with Crippen molar-refractivity contribution < 1.29 is 4.74 Å².